The molecule has 4 heteroatoms. The summed E-state index contributed by atoms with van der Waals surface area (Å²) in [6.45, 7) is 7.04. The first-order valence-corrected chi connectivity index (χ1v) is 5.99. The molecule has 1 N–H and O–H groups in total. The summed E-state index contributed by atoms with van der Waals surface area (Å²) in [5.74, 6) is -0.688. The average Bonchev–Trinajstić information content (AvgIpc) is 2.75. The van der Waals surface area contributed by atoms with Crippen LogP contribution in [0.3, 0.4) is 0 Å². The lowest BCUT2D eigenvalue weighted by atomic mass is 9.92. The number of carboxylic acid groups (broad SMARTS) is 1. The van der Waals surface area contributed by atoms with Crippen molar-refractivity contribution < 1.29 is 14.7 Å². The third-order valence-corrected chi connectivity index (χ3v) is 3.74. The van der Waals surface area contributed by atoms with Gasteiger partial charge in [0.25, 0.3) is 0 Å². The van der Waals surface area contributed by atoms with Gasteiger partial charge in [-0.2, -0.15) is 0 Å². The molecule has 3 unspecified atom stereocenters. The van der Waals surface area contributed by atoms with Crippen LogP contribution in [-0.4, -0.2) is 35.0 Å². The molecular formula is C12H21NO3. The molecule has 0 aliphatic carbocycles. The van der Waals surface area contributed by atoms with Gasteiger partial charge in [0, 0.05) is 19.0 Å². The maximum Gasteiger partial charge on any atom is 0.308 e. The standard InChI is InChI=1S/C12H21NO3/c1-4-8(2)9(3)11(14)13-6-5-10(7-13)12(15)16/h8-10H,4-7H2,1-3H3,(H,15,16). The van der Waals surface area contributed by atoms with Gasteiger partial charge in [0.2, 0.25) is 5.91 Å². The molecule has 1 saturated heterocycles. The molecule has 0 aromatic heterocycles. The highest BCUT2D eigenvalue weighted by Crippen LogP contribution is 2.22. The topological polar surface area (TPSA) is 57.6 Å². The van der Waals surface area contributed by atoms with E-state index in [9.17, 15) is 9.59 Å². The molecule has 1 heterocycles. The number of hydrogen-bond acceptors (Lipinski definition) is 2. The maximum atomic E-state index is 12.0. The Bertz CT molecular complexity index is 277. The van der Waals surface area contributed by atoms with Crippen molar-refractivity contribution in [1.82, 2.24) is 4.90 Å². The molecule has 3 atom stereocenters. The van der Waals surface area contributed by atoms with E-state index >= 15 is 0 Å². The molecule has 1 aliphatic rings. The Labute approximate surface area is 96.6 Å². The lowest BCUT2D eigenvalue weighted by Crippen LogP contribution is -2.36. The predicted octanol–water partition coefficient (Wildman–Crippen LogP) is 1.60. The van der Waals surface area contributed by atoms with Crippen LogP contribution in [0.2, 0.25) is 0 Å². The molecule has 0 bridgehead atoms. The molecular weight excluding hydrogens is 206 g/mol. The zero-order chi connectivity index (χ0) is 12.3. The van der Waals surface area contributed by atoms with Crippen molar-refractivity contribution >= 4 is 11.9 Å². The van der Waals surface area contributed by atoms with Crippen LogP contribution < -0.4 is 0 Å². The van der Waals surface area contributed by atoms with Gasteiger partial charge >= 0.3 is 5.97 Å². The van der Waals surface area contributed by atoms with Crippen LogP contribution in [-0.2, 0) is 9.59 Å². The van der Waals surface area contributed by atoms with Crippen LogP contribution in [0.1, 0.15) is 33.6 Å². The normalized spacial score (nSPS) is 24.2. The summed E-state index contributed by atoms with van der Waals surface area (Å²) in [4.78, 5) is 24.5. The molecule has 4 nitrogen and oxygen atoms in total. The Kier molecular flexibility index (Phi) is 4.33. The number of nitrogens with zero attached hydrogens (tertiary/aromatic N) is 1. The molecule has 92 valence electrons. The fourth-order valence-electron chi connectivity index (χ4n) is 2.05. The average molecular weight is 227 g/mol. The third kappa shape index (κ3) is 2.74. The molecule has 16 heavy (non-hydrogen) atoms. The molecule has 1 rings (SSSR count). The number of carbonyl (C=O) groups excluding carboxylic acids is 1. The second kappa shape index (κ2) is 5.32. The SMILES string of the molecule is CCC(C)C(C)C(=O)N1CCC(C(=O)O)C1. The van der Waals surface area contributed by atoms with Crippen molar-refractivity contribution in [3.05, 3.63) is 0 Å². The fraction of sp³-hybridized carbons (Fsp3) is 0.833. The second-order valence-corrected chi connectivity index (χ2v) is 4.78. The minimum atomic E-state index is -0.786. The van der Waals surface area contributed by atoms with Crippen LogP contribution in [0, 0.1) is 17.8 Å². The van der Waals surface area contributed by atoms with Crippen LogP contribution in [0.25, 0.3) is 0 Å². The molecule has 0 radical (unpaired) electrons. The Balaban J connectivity index is 2.54. The first-order chi connectivity index (χ1) is 7.47. The third-order valence-electron chi connectivity index (χ3n) is 3.74. The predicted molar refractivity (Wildman–Crippen MR) is 60.9 cm³/mol. The lowest BCUT2D eigenvalue weighted by Gasteiger charge is -2.24. The van der Waals surface area contributed by atoms with Crippen LogP contribution in [0.15, 0.2) is 0 Å². The minimum absolute atomic E-state index is 0.00227. The van der Waals surface area contributed by atoms with E-state index in [1.807, 2.05) is 6.92 Å². The minimum Gasteiger partial charge on any atom is -0.481 e. The molecule has 1 amide bonds. The van der Waals surface area contributed by atoms with Gasteiger partial charge in [0.15, 0.2) is 0 Å². The zero-order valence-electron chi connectivity index (χ0n) is 10.3. The first-order valence-electron chi connectivity index (χ1n) is 5.99. The molecule has 0 aromatic carbocycles. The number of likely N-dealkylation sites (tertiary alicyclic amines) is 1. The maximum absolute atomic E-state index is 12.0. The highest BCUT2D eigenvalue weighted by atomic mass is 16.4. The summed E-state index contributed by atoms with van der Waals surface area (Å²) in [5, 5.41) is 8.87. The van der Waals surface area contributed by atoms with E-state index in [0.29, 0.717) is 25.4 Å². The number of carbonyl (C=O) groups is 2. The van der Waals surface area contributed by atoms with E-state index in [1.54, 1.807) is 4.90 Å². The van der Waals surface area contributed by atoms with E-state index in [0.717, 1.165) is 6.42 Å². The van der Waals surface area contributed by atoms with Crippen molar-refractivity contribution in [3.63, 3.8) is 0 Å². The van der Waals surface area contributed by atoms with Gasteiger partial charge in [-0.25, -0.2) is 0 Å². The monoisotopic (exact) mass is 227 g/mol. The van der Waals surface area contributed by atoms with E-state index in [4.69, 9.17) is 5.11 Å². The number of rotatable bonds is 4. The number of amides is 1. The van der Waals surface area contributed by atoms with Gasteiger partial charge in [0.05, 0.1) is 5.92 Å². The summed E-state index contributed by atoms with van der Waals surface area (Å²) in [6.07, 6.45) is 1.57. The van der Waals surface area contributed by atoms with E-state index in [2.05, 4.69) is 13.8 Å². The van der Waals surface area contributed by atoms with Crippen molar-refractivity contribution in [2.45, 2.75) is 33.6 Å². The smallest absolute Gasteiger partial charge is 0.308 e. The van der Waals surface area contributed by atoms with Crippen molar-refractivity contribution in [1.29, 1.82) is 0 Å². The molecule has 0 spiro atoms. The Hall–Kier alpha value is -1.06. The van der Waals surface area contributed by atoms with Crippen molar-refractivity contribution in [3.8, 4) is 0 Å². The number of carboxylic acids is 1. The highest BCUT2D eigenvalue weighted by Gasteiger charge is 2.33. The molecule has 0 saturated carbocycles. The lowest BCUT2D eigenvalue weighted by molar-refractivity contribution is -0.141. The summed E-state index contributed by atoms with van der Waals surface area (Å²) in [7, 11) is 0. The molecule has 0 aromatic rings. The van der Waals surface area contributed by atoms with Crippen LogP contribution in [0.4, 0.5) is 0 Å². The molecule has 1 aliphatic heterocycles. The zero-order valence-corrected chi connectivity index (χ0v) is 10.3. The van der Waals surface area contributed by atoms with E-state index in [1.165, 1.54) is 0 Å². The van der Waals surface area contributed by atoms with Crippen LogP contribution in [0.5, 0.6) is 0 Å². The van der Waals surface area contributed by atoms with Crippen molar-refractivity contribution in [2.75, 3.05) is 13.1 Å². The fourth-order valence-corrected chi connectivity index (χ4v) is 2.05. The van der Waals surface area contributed by atoms with Gasteiger partial charge in [0.1, 0.15) is 0 Å². The van der Waals surface area contributed by atoms with E-state index in [-0.39, 0.29) is 17.7 Å². The quantitative estimate of drug-likeness (QED) is 0.793. The summed E-state index contributed by atoms with van der Waals surface area (Å²) in [6, 6.07) is 0. The molecule has 1 fully saturated rings. The largest absolute Gasteiger partial charge is 0.481 e. The van der Waals surface area contributed by atoms with Gasteiger partial charge in [-0.15, -0.1) is 0 Å². The van der Waals surface area contributed by atoms with Crippen molar-refractivity contribution in [2.24, 2.45) is 17.8 Å². The van der Waals surface area contributed by atoms with Gasteiger partial charge < -0.3 is 10.0 Å². The number of aliphatic carboxylic acids is 1. The Morgan fingerprint density at radius 2 is 2.06 bits per heavy atom. The second-order valence-electron chi connectivity index (χ2n) is 4.78. The first kappa shape index (κ1) is 13.0. The van der Waals surface area contributed by atoms with Gasteiger partial charge in [-0.05, 0) is 12.3 Å². The van der Waals surface area contributed by atoms with Gasteiger partial charge in [-0.3, -0.25) is 9.59 Å². The Morgan fingerprint density at radius 1 is 1.44 bits per heavy atom. The summed E-state index contributed by atoms with van der Waals surface area (Å²) in [5.41, 5.74) is 0. The summed E-state index contributed by atoms with van der Waals surface area (Å²) < 4.78 is 0. The van der Waals surface area contributed by atoms with Gasteiger partial charge in [-0.1, -0.05) is 27.2 Å². The summed E-state index contributed by atoms with van der Waals surface area (Å²) >= 11 is 0. The van der Waals surface area contributed by atoms with Crippen LogP contribution >= 0.6 is 0 Å². The highest BCUT2D eigenvalue weighted by molar-refractivity contribution is 5.80. The number of hydrogen-bond donors (Lipinski definition) is 1. The van der Waals surface area contributed by atoms with E-state index < -0.39 is 5.97 Å². The Morgan fingerprint density at radius 3 is 2.50 bits per heavy atom.